The lowest BCUT2D eigenvalue weighted by Crippen LogP contribution is -2.46. The number of carbonyl (C=O) groups excluding carboxylic acids is 3. The van der Waals surface area contributed by atoms with Gasteiger partial charge in [0.1, 0.15) is 42.2 Å². The highest BCUT2D eigenvalue weighted by molar-refractivity contribution is 8.13. The molecular weight excluding hydrogens is 853 g/mol. The number of aromatic nitrogens is 4. The Balaban J connectivity index is 1.49. The minimum absolute atomic E-state index is 0.00144. The van der Waals surface area contributed by atoms with Gasteiger partial charge in [-0.2, -0.15) is 9.57 Å². The molecule has 0 saturated carbocycles. The van der Waals surface area contributed by atoms with Crippen LogP contribution in [0.1, 0.15) is 32.9 Å². The second-order valence-corrected chi connectivity index (χ2v) is 17.8. The molecule has 318 valence electrons. The number of amides is 2. The normalized spacial score (nSPS) is 21.8. The number of carboxylic acids is 1. The van der Waals surface area contributed by atoms with E-state index in [2.05, 4.69) is 34.4 Å². The molecule has 1 aliphatic heterocycles. The van der Waals surface area contributed by atoms with E-state index in [9.17, 15) is 62.7 Å². The smallest absolute Gasteiger partial charge is 0.481 e. The summed E-state index contributed by atoms with van der Waals surface area (Å²) in [4.78, 5) is 98.4. The average Bonchev–Trinajstić information content (AvgIpc) is 3.66. The summed E-state index contributed by atoms with van der Waals surface area (Å²) in [6, 6.07) is 1.60. The van der Waals surface area contributed by atoms with Crippen LogP contribution in [0.15, 0.2) is 12.7 Å². The number of rotatable bonds is 22. The highest BCUT2D eigenvalue weighted by atomic mass is 32.2. The van der Waals surface area contributed by atoms with Crippen LogP contribution in [0.5, 0.6) is 0 Å². The van der Waals surface area contributed by atoms with Crippen molar-refractivity contribution in [2.24, 2.45) is 11.3 Å². The highest BCUT2D eigenvalue weighted by Crippen LogP contribution is 2.61. The van der Waals surface area contributed by atoms with Gasteiger partial charge in [-0.15, -0.1) is 0 Å². The zero-order valence-corrected chi connectivity index (χ0v) is 33.2. The number of aliphatic carboxylic acids is 1. The number of aliphatic hydroxyl groups excluding tert-OH is 2. The number of anilines is 1. The summed E-state index contributed by atoms with van der Waals surface area (Å²) in [6.07, 6.45) is -7.74. The van der Waals surface area contributed by atoms with Crippen LogP contribution in [-0.4, -0.2) is 134 Å². The van der Waals surface area contributed by atoms with Crippen molar-refractivity contribution < 1.29 is 90.4 Å². The van der Waals surface area contributed by atoms with Gasteiger partial charge in [-0.1, -0.05) is 25.6 Å². The predicted molar refractivity (Wildman–Crippen MR) is 188 cm³/mol. The van der Waals surface area contributed by atoms with Gasteiger partial charge >= 0.3 is 29.4 Å². The van der Waals surface area contributed by atoms with E-state index in [1.54, 1.807) is 6.07 Å². The van der Waals surface area contributed by atoms with Gasteiger partial charge in [0.15, 0.2) is 17.7 Å². The number of hydrogen-bond acceptors (Lipinski definition) is 20. The number of hydrogen-bond donors (Lipinski definition) is 10. The van der Waals surface area contributed by atoms with Gasteiger partial charge in [0.25, 0.3) is 0 Å². The van der Waals surface area contributed by atoms with Crippen LogP contribution >= 0.6 is 35.2 Å². The van der Waals surface area contributed by atoms with Crippen LogP contribution < -0.4 is 16.4 Å². The fraction of sp³-hybridized carbons (Fsp3) is 0.615. The molecule has 3 unspecified atom stereocenters. The fourth-order valence-corrected chi connectivity index (χ4v) is 8.36. The van der Waals surface area contributed by atoms with Crippen molar-refractivity contribution in [2.75, 3.05) is 37.8 Å². The minimum Gasteiger partial charge on any atom is -0.481 e. The van der Waals surface area contributed by atoms with E-state index in [4.69, 9.17) is 29.9 Å². The van der Waals surface area contributed by atoms with E-state index in [1.807, 2.05) is 0 Å². The van der Waals surface area contributed by atoms with E-state index in [0.29, 0.717) is 11.8 Å². The maximum atomic E-state index is 12.7. The number of carbonyl (C=O) groups is 4. The van der Waals surface area contributed by atoms with Gasteiger partial charge in [0.2, 0.25) is 16.9 Å². The molecule has 11 N–H and O–H groups in total. The molecule has 3 rings (SSSR count). The van der Waals surface area contributed by atoms with Gasteiger partial charge in [-0.3, -0.25) is 37.3 Å². The standard InChI is InChI=1S/C26H39N8O19P3S/c1-26(2,19(37)22(38)30-6-4-15(35)29-7-8-57-25(41)13(3-5-27)24(39)40)10-50-56(47,48)53-55(45,46)49-9-14-18(52-54(42,43)44)17(36)23(51-14)34-12-33-16-20(28)31-11-32-21(16)34/h11-14,17-19,23,36-37H,3-4,6-10H2,1-2H3,(H,29,35)(H,30,38)(H,39,40)(H,45,46)(H,47,48)(H2,28,31,32)(H2,42,43,44)/t13?,14-,17-,18-,19+,23-/m1/s1. The van der Waals surface area contributed by atoms with Gasteiger partial charge in [0, 0.05) is 30.7 Å². The van der Waals surface area contributed by atoms with Crippen LogP contribution in [0.25, 0.3) is 11.2 Å². The summed E-state index contributed by atoms with van der Waals surface area (Å²) in [5.74, 6) is -4.65. The first kappa shape index (κ1) is 47.9. The van der Waals surface area contributed by atoms with E-state index in [0.717, 1.165) is 17.2 Å². The lowest BCUT2D eigenvalue weighted by molar-refractivity contribution is -0.144. The summed E-state index contributed by atoms with van der Waals surface area (Å²) in [6.45, 7) is -0.0438. The number of aliphatic hydroxyl groups is 2. The van der Waals surface area contributed by atoms with Crippen molar-refractivity contribution in [1.82, 2.24) is 30.2 Å². The number of nitrogens with one attached hydrogen (secondary N) is 2. The number of phosphoric ester groups is 3. The highest BCUT2D eigenvalue weighted by Gasteiger charge is 2.50. The Morgan fingerprint density at radius 1 is 1.09 bits per heavy atom. The summed E-state index contributed by atoms with van der Waals surface area (Å²) < 4.78 is 61.9. The van der Waals surface area contributed by atoms with Crippen molar-refractivity contribution in [3.05, 3.63) is 12.7 Å². The molecule has 0 aromatic carbocycles. The molecule has 0 bridgehead atoms. The van der Waals surface area contributed by atoms with Gasteiger partial charge in [-0.05, 0) is 0 Å². The van der Waals surface area contributed by atoms with Crippen LogP contribution in [-0.2, 0) is 55.5 Å². The van der Waals surface area contributed by atoms with Gasteiger partial charge in [0.05, 0.1) is 32.0 Å². The maximum Gasteiger partial charge on any atom is 0.481 e. The molecule has 1 saturated heterocycles. The average molecular weight is 893 g/mol. The molecule has 27 nitrogen and oxygen atoms in total. The Morgan fingerprint density at radius 3 is 2.39 bits per heavy atom. The number of nitrogens with two attached hydrogens (primary N) is 1. The minimum atomic E-state index is -5.60. The molecule has 8 atom stereocenters. The molecule has 2 aromatic rings. The largest absolute Gasteiger partial charge is 0.481 e. The zero-order chi connectivity index (χ0) is 42.9. The van der Waals surface area contributed by atoms with Crippen molar-refractivity contribution >= 4 is 75.1 Å². The Kier molecular flexibility index (Phi) is 16.8. The third-order valence-electron chi connectivity index (χ3n) is 7.62. The third-order valence-corrected chi connectivity index (χ3v) is 11.7. The van der Waals surface area contributed by atoms with E-state index in [1.165, 1.54) is 13.8 Å². The second kappa shape index (κ2) is 20.0. The summed E-state index contributed by atoms with van der Waals surface area (Å²) in [5.41, 5.74) is 4.15. The molecule has 31 heteroatoms. The SMILES string of the molecule is CC(C)(COP(=O)(O)OP(=O)(O)OC[C@H]1O[C@@H](n2cnc3c(N)ncnc32)[C@H](O)[C@@H]1OP(=O)(O)O)[C@@H](O)C(=O)NCCC(=O)NCCSC(=O)C(CC#N)C(=O)O. The van der Waals surface area contributed by atoms with Gasteiger partial charge in [-0.25, -0.2) is 28.6 Å². The van der Waals surface area contributed by atoms with Gasteiger partial charge < -0.3 is 56.0 Å². The lowest BCUT2D eigenvalue weighted by atomic mass is 9.87. The number of thioether (sulfide) groups is 1. The first-order chi connectivity index (χ1) is 26.4. The quantitative estimate of drug-likeness (QED) is 0.0357. The molecule has 0 radical (unpaired) electrons. The van der Waals surface area contributed by atoms with Crippen molar-refractivity contribution in [3.8, 4) is 6.07 Å². The second-order valence-electron chi connectivity index (χ2n) is 12.5. The molecule has 0 aliphatic carbocycles. The number of nitrogens with zero attached hydrogens (tertiary/aromatic N) is 5. The number of nitrogen functional groups attached to an aromatic ring is 1. The number of carboxylic acid groups (broad SMARTS) is 1. The third kappa shape index (κ3) is 14.1. The van der Waals surface area contributed by atoms with Crippen molar-refractivity contribution in [2.45, 2.75) is 57.3 Å². The molecule has 3 heterocycles. The Labute approximate surface area is 325 Å². The maximum absolute atomic E-state index is 12.7. The summed E-state index contributed by atoms with van der Waals surface area (Å²) in [5, 5.41) is 43.0. The van der Waals surface area contributed by atoms with E-state index < -0.39 is 108 Å². The number of phosphoric acid groups is 3. The first-order valence-electron chi connectivity index (χ1n) is 16.0. The Bertz CT molecular complexity index is 1980. The van der Waals surface area contributed by atoms with Crippen LogP contribution in [0.4, 0.5) is 5.82 Å². The lowest BCUT2D eigenvalue weighted by Gasteiger charge is -2.30. The fourth-order valence-electron chi connectivity index (χ4n) is 4.75. The van der Waals surface area contributed by atoms with E-state index >= 15 is 0 Å². The summed E-state index contributed by atoms with van der Waals surface area (Å²) >= 11 is 0.615. The topological polar surface area (TPSA) is 425 Å². The molecule has 2 amide bonds. The molecular formula is C26H39N8O19P3S. The number of ether oxygens (including phenoxy) is 1. The van der Waals surface area contributed by atoms with Crippen molar-refractivity contribution in [1.29, 1.82) is 5.26 Å². The van der Waals surface area contributed by atoms with E-state index in [-0.39, 0.29) is 42.2 Å². The van der Waals surface area contributed by atoms with Crippen LogP contribution in [0, 0.1) is 22.7 Å². The number of nitriles is 1. The predicted octanol–water partition coefficient (Wildman–Crippen LogP) is -1.72. The Hall–Kier alpha value is -3.48. The summed E-state index contributed by atoms with van der Waals surface area (Å²) in [7, 11) is -16.5. The molecule has 1 fully saturated rings. The van der Waals surface area contributed by atoms with Crippen LogP contribution in [0.2, 0.25) is 0 Å². The monoisotopic (exact) mass is 892 g/mol. The molecule has 0 spiro atoms. The first-order valence-corrected chi connectivity index (χ1v) is 21.5. The Morgan fingerprint density at radius 2 is 1.75 bits per heavy atom. The number of fused-ring (bicyclic) bond motifs is 1. The molecule has 2 aromatic heterocycles. The van der Waals surface area contributed by atoms with Crippen molar-refractivity contribution in [3.63, 3.8) is 0 Å². The molecule has 57 heavy (non-hydrogen) atoms. The number of imidazole rings is 1. The van der Waals surface area contributed by atoms with Crippen LogP contribution in [0.3, 0.4) is 0 Å². The molecule has 1 aliphatic rings. The zero-order valence-electron chi connectivity index (χ0n) is 29.7.